The molecule has 1 fully saturated rings. The summed E-state index contributed by atoms with van der Waals surface area (Å²) in [6.45, 7) is 0.687. The molecule has 0 N–H and O–H groups in total. The molecule has 0 bridgehead atoms. The first kappa shape index (κ1) is 17.9. The van der Waals surface area contributed by atoms with Gasteiger partial charge in [0.2, 0.25) is 0 Å². The molecule has 2 aromatic rings. The van der Waals surface area contributed by atoms with Crippen LogP contribution in [0.1, 0.15) is 47.6 Å². The highest BCUT2D eigenvalue weighted by molar-refractivity contribution is 5.94. The third-order valence-corrected chi connectivity index (χ3v) is 4.84. The van der Waals surface area contributed by atoms with Gasteiger partial charge in [-0.15, -0.1) is 0 Å². The van der Waals surface area contributed by atoms with Crippen molar-refractivity contribution in [3.05, 3.63) is 69.8 Å². The zero-order chi connectivity index (χ0) is 18.5. The Labute approximate surface area is 152 Å². The van der Waals surface area contributed by atoms with Crippen LogP contribution in [0, 0.1) is 10.1 Å². The Morgan fingerprint density at radius 2 is 1.77 bits per heavy atom. The predicted octanol–water partition coefficient (Wildman–Crippen LogP) is 4.36. The number of amides is 1. The van der Waals surface area contributed by atoms with Crippen molar-refractivity contribution in [1.82, 2.24) is 4.90 Å². The van der Waals surface area contributed by atoms with E-state index in [9.17, 15) is 14.9 Å². The van der Waals surface area contributed by atoms with Crippen LogP contribution in [0.25, 0.3) is 0 Å². The van der Waals surface area contributed by atoms with Gasteiger partial charge in [-0.05, 0) is 42.7 Å². The van der Waals surface area contributed by atoms with Gasteiger partial charge in [-0.25, -0.2) is 0 Å². The lowest BCUT2D eigenvalue weighted by atomic mass is 10.00. The lowest BCUT2D eigenvalue weighted by Crippen LogP contribution is -2.34. The van der Waals surface area contributed by atoms with Crippen LogP contribution in [0.15, 0.2) is 48.5 Å². The highest BCUT2D eigenvalue weighted by Crippen LogP contribution is 2.32. The minimum atomic E-state index is -0.458. The lowest BCUT2D eigenvalue weighted by Gasteiger charge is -2.30. The number of hydrogen-bond acceptors (Lipinski definition) is 4. The standard InChI is InChI=1S/C20H22N2O4/c1-26-18-12-8-15(9-13-18)19-5-3-2-4-14-21(19)20(23)16-6-10-17(11-7-16)22(24)25/h6-13,19H,2-5,14H2,1H3/t19-/m1/s1. The molecule has 1 aliphatic heterocycles. The number of carbonyl (C=O) groups excluding carboxylic acids is 1. The SMILES string of the molecule is COc1ccc([C@H]2CCCCCN2C(=O)c2ccc([N+](=O)[O-])cc2)cc1. The maximum absolute atomic E-state index is 13.1. The van der Waals surface area contributed by atoms with Gasteiger partial charge in [0.25, 0.3) is 11.6 Å². The van der Waals surface area contributed by atoms with E-state index in [1.165, 1.54) is 24.3 Å². The average molecular weight is 354 g/mol. The van der Waals surface area contributed by atoms with Crippen LogP contribution in [0.2, 0.25) is 0 Å². The number of nitrogens with zero attached hydrogens (tertiary/aromatic N) is 2. The van der Waals surface area contributed by atoms with Gasteiger partial charge in [-0.1, -0.05) is 25.0 Å². The average Bonchev–Trinajstić information content (AvgIpc) is 2.93. The molecular formula is C20H22N2O4. The second-order valence-corrected chi connectivity index (χ2v) is 6.44. The molecule has 6 nitrogen and oxygen atoms in total. The summed E-state index contributed by atoms with van der Waals surface area (Å²) >= 11 is 0. The molecule has 0 unspecified atom stereocenters. The molecule has 0 saturated carbocycles. The molecule has 0 spiro atoms. The van der Waals surface area contributed by atoms with Crippen LogP contribution < -0.4 is 4.74 Å². The number of rotatable bonds is 4. The number of carbonyl (C=O) groups is 1. The fourth-order valence-electron chi connectivity index (χ4n) is 3.42. The molecule has 0 radical (unpaired) electrons. The molecule has 136 valence electrons. The van der Waals surface area contributed by atoms with Crippen LogP contribution in [-0.4, -0.2) is 29.4 Å². The van der Waals surface area contributed by atoms with E-state index in [1.807, 2.05) is 29.2 Å². The quantitative estimate of drug-likeness (QED) is 0.604. The van der Waals surface area contributed by atoms with E-state index in [0.717, 1.165) is 37.0 Å². The summed E-state index contributed by atoms with van der Waals surface area (Å²) < 4.78 is 5.22. The summed E-state index contributed by atoms with van der Waals surface area (Å²) in [4.78, 5) is 25.3. The lowest BCUT2D eigenvalue weighted by molar-refractivity contribution is -0.384. The summed E-state index contributed by atoms with van der Waals surface area (Å²) in [5.41, 5.74) is 1.56. The topological polar surface area (TPSA) is 72.7 Å². The second kappa shape index (κ2) is 7.99. The number of methoxy groups -OCH3 is 1. The Hall–Kier alpha value is -2.89. The van der Waals surface area contributed by atoms with Gasteiger partial charge in [0.05, 0.1) is 18.1 Å². The molecule has 1 atom stereocenters. The van der Waals surface area contributed by atoms with Crippen LogP contribution >= 0.6 is 0 Å². The van der Waals surface area contributed by atoms with Gasteiger partial charge in [-0.2, -0.15) is 0 Å². The highest BCUT2D eigenvalue weighted by Gasteiger charge is 2.27. The van der Waals surface area contributed by atoms with Crippen molar-refractivity contribution in [2.24, 2.45) is 0 Å². The fourth-order valence-corrected chi connectivity index (χ4v) is 3.42. The molecule has 6 heteroatoms. The van der Waals surface area contributed by atoms with Gasteiger partial charge in [0.15, 0.2) is 0 Å². The third-order valence-electron chi connectivity index (χ3n) is 4.84. The molecule has 3 rings (SSSR count). The van der Waals surface area contributed by atoms with Crippen molar-refractivity contribution >= 4 is 11.6 Å². The summed E-state index contributed by atoms with van der Waals surface area (Å²) in [6.07, 6.45) is 4.04. The molecule has 2 aromatic carbocycles. The number of hydrogen-bond donors (Lipinski definition) is 0. The van der Waals surface area contributed by atoms with Crippen molar-refractivity contribution in [3.63, 3.8) is 0 Å². The van der Waals surface area contributed by atoms with Crippen LogP contribution in [0.5, 0.6) is 5.75 Å². The number of non-ortho nitro benzene ring substituents is 1. The van der Waals surface area contributed by atoms with E-state index in [2.05, 4.69) is 0 Å². The van der Waals surface area contributed by atoms with E-state index in [1.54, 1.807) is 7.11 Å². The Bertz CT molecular complexity index is 771. The highest BCUT2D eigenvalue weighted by atomic mass is 16.6. The molecule has 1 heterocycles. The first-order chi connectivity index (χ1) is 12.6. The van der Waals surface area contributed by atoms with Crippen molar-refractivity contribution in [2.75, 3.05) is 13.7 Å². The number of benzene rings is 2. The van der Waals surface area contributed by atoms with Gasteiger partial charge in [0, 0.05) is 24.2 Å². The zero-order valence-corrected chi connectivity index (χ0v) is 14.8. The van der Waals surface area contributed by atoms with Crippen LogP contribution in [-0.2, 0) is 0 Å². The Morgan fingerprint density at radius 1 is 1.08 bits per heavy atom. The third kappa shape index (κ3) is 3.85. The minimum absolute atomic E-state index is 0.00565. The number of likely N-dealkylation sites (tertiary alicyclic amines) is 1. The number of ether oxygens (including phenoxy) is 1. The molecule has 1 aliphatic rings. The predicted molar refractivity (Wildman–Crippen MR) is 98.3 cm³/mol. The molecule has 0 aliphatic carbocycles. The van der Waals surface area contributed by atoms with Crippen molar-refractivity contribution in [3.8, 4) is 5.75 Å². The number of nitro groups is 1. The second-order valence-electron chi connectivity index (χ2n) is 6.44. The summed E-state index contributed by atoms with van der Waals surface area (Å²) in [6, 6.07) is 13.7. The van der Waals surface area contributed by atoms with Gasteiger partial charge < -0.3 is 9.64 Å². The number of nitro benzene ring substituents is 1. The van der Waals surface area contributed by atoms with Crippen molar-refractivity contribution in [1.29, 1.82) is 0 Å². The largest absolute Gasteiger partial charge is 0.497 e. The summed E-state index contributed by atoms with van der Waals surface area (Å²) in [7, 11) is 1.63. The van der Waals surface area contributed by atoms with E-state index >= 15 is 0 Å². The van der Waals surface area contributed by atoms with E-state index in [-0.39, 0.29) is 17.6 Å². The first-order valence-electron chi connectivity index (χ1n) is 8.79. The normalized spacial score (nSPS) is 17.4. The molecule has 0 aromatic heterocycles. The molecule has 1 amide bonds. The summed E-state index contributed by atoms with van der Waals surface area (Å²) in [5.74, 6) is 0.707. The Kier molecular flexibility index (Phi) is 5.51. The van der Waals surface area contributed by atoms with Gasteiger partial charge in [0.1, 0.15) is 5.75 Å². The maximum atomic E-state index is 13.1. The Balaban J connectivity index is 1.87. The van der Waals surface area contributed by atoms with E-state index in [4.69, 9.17) is 4.74 Å². The molecule has 1 saturated heterocycles. The summed E-state index contributed by atoms with van der Waals surface area (Å²) in [5, 5.41) is 10.8. The van der Waals surface area contributed by atoms with E-state index in [0.29, 0.717) is 12.1 Å². The van der Waals surface area contributed by atoms with Crippen LogP contribution in [0.4, 0.5) is 5.69 Å². The zero-order valence-electron chi connectivity index (χ0n) is 14.8. The fraction of sp³-hybridized carbons (Fsp3) is 0.350. The van der Waals surface area contributed by atoms with Crippen molar-refractivity contribution in [2.45, 2.75) is 31.7 Å². The van der Waals surface area contributed by atoms with Gasteiger partial charge in [-0.3, -0.25) is 14.9 Å². The molecule has 26 heavy (non-hydrogen) atoms. The minimum Gasteiger partial charge on any atom is -0.497 e. The van der Waals surface area contributed by atoms with Crippen LogP contribution in [0.3, 0.4) is 0 Å². The first-order valence-corrected chi connectivity index (χ1v) is 8.79. The van der Waals surface area contributed by atoms with E-state index < -0.39 is 4.92 Å². The smallest absolute Gasteiger partial charge is 0.269 e. The Morgan fingerprint density at radius 3 is 2.38 bits per heavy atom. The van der Waals surface area contributed by atoms with Crippen molar-refractivity contribution < 1.29 is 14.5 Å². The maximum Gasteiger partial charge on any atom is 0.269 e. The monoisotopic (exact) mass is 354 g/mol. The van der Waals surface area contributed by atoms with Gasteiger partial charge >= 0.3 is 0 Å². The molecular weight excluding hydrogens is 332 g/mol.